The van der Waals surface area contributed by atoms with Gasteiger partial charge in [-0.2, -0.15) is 13.2 Å². The van der Waals surface area contributed by atoms with Crippen LogP contribution in [0.15, 0.2) is 29.6 Å². The van der Waals surface area contributed by atoms with Gasteiger partial charge in [-0.25, -0.2) is 14.6 Å². The summed E-state index contributed by atoms with van der Waals surface area (Å²) in [6, 6.07) is 3.76. The Bertz CT molecular complexity index is 806. The van der Waals surface area contributed by atoms with Crippen LogP contribution in [-0.2, 0) is 17.5 Å². The molecule has 0 fully saturated rings. The first-order valence-electron chi connectivity index (χ1n) is 8.59. The zero-order valence-corrected chi connectivity index (χ0v) is 16.2. The van der Waals surface area contributed by atoms with Gasteiger partial charge in [0.25, 0.3) is 0 Å². The van der Waals surface area contributed by atoms with Crippen LogP contribution in [0.4, 0.5) is 23.7 Å². The zero-order valence-electron chi connectivity index (χ0n) is 15.4. The number of aromatic nitrogens is 1. The number of urea groups is 1. The Morgan fingerprint density at radius 1 is 1.21 bits per heavy atom. The standard InChI is InChI=1S/C18H20F3N3O3S/c1-3-9-24(10-15-23-14(11-28-15)16(25)27-4-2)17(26)22-13-7-5-12(6-8-13)18(19,20)21/h5-8,11H,3-4,9-10H2,1-2H3,(H,22,26). The highest BCUT2D eigenvalue weighted by atomic mass is 32.1. The molecule has 10 heteroatoms. The Kier molecular flexibility index (Phi) is 7.38. The van der Waals surface area contributed by atoms with Gasteiger partial charge in [-0.1, -0.05) is 6.92 Å². The smallest absolute Gasteiger partial charge is 0.416 e. The molecule has 0 unspecified atom stereocenters. The number of rotatable bonds is 7. The number of carbonyl (C=O) groups excluding carboxylic acids is 2. The van der Waals surface area contributed by atoms with Gasteiger partial charge in [0.2, 0.25) is 0 Å². The van der Waals surface area contributed by atoms with E-state index in [1.54, 1.807) is 12.3 Å². The minimum absolute atomic E-state index is 0.171. The van der Waals surface area contributed by atoms with E-state index in [4.69, 9.17) is 4.74 Å². The van der Waals surface area contributed by atoms with Crippen molar-refractivity contribution >= 4 is 29.0 Å². The zero-order chi connectivity index (χ0) is 20.7. The quantitative estimate of drug-likeness (QED) is 0.661. The summed E-state index contributed by atoms with van der Waals surface area (Å²) < 4.78 is 42.8. The molecule has 1 N–H and O–H groups in total. The largest absolute Gasteiger partial charge is 0.461 e. The van der Waals surface area contributed by atoms with Gasteiger partial charge in [0.05, 0.1) is 18.7 Å². The normalized spacial score (nSPS) is 11.2. The SMILES string of the molecule is CCCN(Cc1nc(C(=O)OCC)cs1)C(=O)Nc1ccc(C(F)(F)F)cc1. The molecule has 0 saturated heterocycles. The number of hydrogen-bond donors (Lipinski definition) is 1. The van der Waals surface area contributed by atoms with Crippen molar-refractivity contribution in [3.05, 3.63) is 45.9 Å². The van der Waals surface area contributed by atoms with E-state index in [-0.39, 0.29) is 24.5 Å². The molecule has 0 aliphatic heterocycles. The predicted octanol–water partition coefficient (Wildman–Crippen LogP) is 4.78. The highest BCUT2D eigenvalue weighted by Gasteiger charge is 2.30. The van der Waals surface area contributed by atoms with E-state index in [2.05, 4.69) is 10.3 Å². The Balaban J connectivity index is 2.04. The van der Waals surface area contributed by atoms with Crippen LogP contribution >= 0.6 is 11.3 Å². The van der Waals surface area contributed by atoms with E-state index in [1.807, 2.05) is 6.92 Å². The first-order chi connectivity index (χ1) is 13.2. The van der Waals surface area contributed by atoms with Crippen molar-refractivity contribution in [2.24, 2.45) is 0 Å². The number of halogens is 3. The Morgan fingerprint density at radius 2 is 1.89 bits per heavy atom. The topological polar surface area (TPSA) is 71.5 Å². The van der Waals surface area contributed by atoms with Crippen molar-refractivity contribution < 1.29 is 27.5 Å². The summed E-state index contributed by atoms with van der Waals surface area (Å²) in [5.74, 6) is -0.527. The first kappa shape index (κ1) is 21.7. The van der Waals surface area contributed by atoms with Gasteiger partial charge in [0, 0.05) is 17.6 Å². The molecule has 0 aliphatic carbocycles. The van der Waals surface area contributed by atoms with Crippen molar-refractivity contribution in [1.29, 1.82) is 0 Å². The number of thiazole rings is 1. The molecular formula is C18H20F3N3O3S. The van der Waals surface area contributed by atoms with Crippen LogP contribution in [0.1, 0.15) is 41.3 Å². The number of esters is 1. The molecule has 0 bridgehead atoms. The van der Waals surface area contributed by atoms with Crippen LogP contribution in [0.5, 0.6) is 0 Å². The Hall–Kier alpha value is -2.62. The lowest BCUT2D eigenvalue weighted by Crippen LogP contribution is -2.35. The monoisotopic (exact) mass is 415 g/mol. The van der Waals surface area contributed by atoms with Crippen molar-refractivity contribution in [2.75, 3.05) is 18.5 Å². The molecule has 0 radical (unpaired) electrons. The number of nitrogens with one attached hydrogen (secondary N) is 1. The molecule has 6 nitrogen and oxygen atoms in total. The summed E-state index contributed by atoms with van der Waals surface area (Å²) in [6.45, 7) is 4.42. The lowest BCUT2D eigenvalue weighted by molar-refractivity contribution is -0.137. The summed E-state index contributed by atoms with van der Waals surface area (Å²) in [6.07, 6.45) is -3.76. The summed E-state index contributed by atoms with van der Waals surface area (Å²) in [4.78, 5) is 29.9. The van der Waals surface area contributed by atoms with Crippen molar-refractivity contribution in [3.8, 4) is 0 Å². The van der Waals surface area contributed by atoms with Crippen LogP contribution in [0.25, 0.3) is 0 Å². The van der Waals surface area contributed by atoms with Crippen LogP contribution in [0.3, 0.4) is 0 Å². The second-order valence-electron chi connectivity index (χ2n) is 5.77. The van der Waals surface area contributed by atoms with E-state index < -0.39 is 23.7 Å². The number of ether oxygens (including phenoxy) is 1. The molecule has 0 aliphatic rings. The molecule has 2 amide bonds. The number of benzene rings is 1. The van der Waals surface area contributed by atoms with Crippen LogP contribution < -0.4 is 5.32 Å². The van der Waals surface area contributed by atoms with E-state index in [0.29, 0.717) is 18.0 Å². The highest BCUT2D eigenvalue weighted by Crippen LogP contribution is 2.29. The molecule has 1 aromatic carbocycles. The van der Waals surface area contributed by atoms with Gasteiger partial charge in [-0.15, -0.1) is 11.3 Å². The Labute approximate surface area is 164 Å². The first-order valence-corrected chi connectivity index (χ1v) is 9.47. The maximum atomic E-state index is 12.6. The maximum Gasteiger partial charge on any atom is 0.416 e. The molecular weight excluding hydrogens is 395 g/mol. The number of hydrogen-bond acceptors (Lipinski definition) is 5. The van der Waals surface area contributed by atoms with Crippen LogP contribution in [0, 0.1) is 0 Å². The molecule has 28 heavy (non-hydrogen) atoms. The fourth-order valence-electron chi connectivity index (χ4n) is 2.31. The summed E-state index contributed by atoms with van der Waals surface area (Å²) >= 11 is 1.23. The molecule has 2 rings (SSSR count). The van der Waals surface area contributed by atoms with Crippen molar-refractivity contribution in [1.82, 2.24) is 9.88 Å². The molecule has 0 saturated carbocycles. The fourth-order valence-corrected chi connectivity index (χ4v) is 3.09. The minimum atomic E-state index is -4.43. The van der Waals surface area contributed by atoms with Crippen molar-refractivity contribution in [2.45, 2.75) is 33.0 Å². The third-order valence-electron chi connectivity index (χ3n) is 3.61. The average Bonchev–Trinajstić information content (AvgIpc) is 3.10. The van der Waals surface area contributed by atoms with E-state index in [1.165, 1.54) is 28.4 Å². The number of amides is 2. The summed E-state index contributed by atoms with van der Waals surface area (Å²) in [5.41, 5.74) is -0.350. The van der Waals surface area contributed by atoms with Gasteiger partial charge in [0.15, 0.2) is 5.69 Å². The second-order valence-corrected chi connectivity index (χ2v) is 6.72. The van der Waals surface area contributed by atoms with Crippen molar-refractivity contribution in [3.63, 3.8) is 0 Å². The molecule has 152 valence electrons. The lowest BCUT2D eigenvalue weighted by atomic mass is 10.2. The van der Waals surface area contributed by atoms with Gasteiger partial charge in [0.1, 0.15) is 5.01 Å². The third kappa shape index (κ3) is 5.95. The van der Waals surface area contributed by atoms with E-state index in [0.717, 1.165) is 12.1 Å². The summed E-state index contributed by atoms with van der Waals surface area (Å²) in [5, 5.41) is 4.70. The number of carbonyl (C=O) groups is 2. The van der Waals surface area contributed by atoms with Gasteiger partial charge in [-0.3, -0.25) is 0 Å². The second kappa shape index (κ2) is 9.54. The fraction of sp³-hybridized carbons (Fsp3) is 0.389. The minimum Gasteiger partial charge on any atom is -0.461 e. The number of nitrogens with zero attached hydrogens (tertiary/aromatic N) is 2. The molecule has 2 aromatic rings. The van der Waals surface area contributed by atoms with Crippen LogP contribution in [0.2, 0.25) is 0 Å². The molecule has 1 aromatic heterocycles. The molecule has 0 spiro atoms. The van der Waals surface area contributed by atoms with Gasteiger partial charge in [-0.05, 0) is 37.6 Å². The van der Waals surface area contributed by atoms with Crippen LogP contribution in [-0.4, -0.2) is 35.0 Å². The van der Waals surface area contributed by atoms with Gasteiger partial charge < -0.3 is 15.0 Å². The molecule has 1 heterocycles. The summed E-state index contributed by atoms with van der Waals surface area (Å²) in [7, 11) is 0. The number of anilines is 1. The third-order valence-corrected chi connectivity index (χ3v) is 4.44. The van der Waals surface area contributed by atoms with Gasteiger partial charge >= 0.3 is 18.2 Å². The highest BCUT2D eigenvalue weighted by molar-refractivity contribution is 7.09. The average molecular weight is 415 g/mol. The van der Waals surface area contributed by atoms with E-state index >= 15 is 0 Å². The predicted molar refractivity (Wildman–Crippen MR) is 99.2 cm³/mol. The van der Waals surface area contributed by atoms with E-state index in [9.17, 15) is 22.8 Å². The maximum absolute atomic E-state index is 12.6. The lowest BCUT2D eigenvalue weighted by Gasteiger charge is -2.21. The Morgan fingerprint density at radius 3 is 2.46 bits per heavy atom. The molecule has 0 atom stereocenters. The number of alkyl halides is 3.